The Balaban J connectivity index is 1.58. The molecule has 6 nitrogen and oxygen atoms in total. The number of rotatable bonds is 5. The largest absolute Gasteiger partial charge is 0.416 e. The Bertz CT molecular complexity index is 1030. The molecular formula is C18H15F3N4O2. The van der Waals surface area contributed by atoms with Gasteiger partial charge in [0, 0.05) is 12.8 Å². The number of halogens is 3. The van der Waals surface area contributed by atoms with Crippen LogP contribution in [-0.4, -0.2) is 15.9 Å². The Hall–Kier alpha value is -3.36. The number of fused-ring (bicyclic) bond motifs is 1. The van der Waals surface area contributed by atoms with E-state index in [1.165, 1.54) is 12.1 Å². The maximum atomic E-state index is 12.7. The first-order valence-electron chi connectivity index (χ1n) is 8.03. The van der Waals surface area contributed by atoms with Crippen LogP contribution in [0.25, 0.3) is 10.9 Å². The number of nitrogens with zero attached hydrogens (tertiary/aromatic N) is 1. The van der Waals surface area contributed by atoms with E-state index in [1.807, 2.05) is 0 Å². The molecule has 0 saturated carbocycles. The van der Waals surface area contributed by atoms with E-state index < -0.39 is 17.6 Å². The lowest BCUT2D eigenvalue weighted by Gasteiger charge is -2.11. The van der Waals surface area contributed by atoms with Gasteiger partial charge in [0.25, 0.3) is 5.56 Å². The minimum atomic E-state index is -4.46. The van der Waals surface area contributed by atoms with Crippen LogP contribution in [0.1, 0.15) is 17.8 Å². The Morgan fingerprint density at radius 3 is 2.67 bits per heavy atom. The zero-order valence-electron chi connectivity index (χ0n) is 13.9. The van der Waals surface area contributed by atoms with Crippen molar-refractivity contribution in [3.05, 3.63) is 70.3 Å². The van der Waals surface area contributed by atoms with Gasteiger partial charge < -0.3 is 4.98 Å². The summed E-state index contributed by atoms with van der Waals surface area (Å²) < 4.78 is 38.0. The van der Waals surface area contributed by atoms with Gasteiger partial charge in [0.2, 0.25) is 5.91 Å². The number of alkyl halides is 3. The summed E-state index contributed by atoms with van der Waals surface area (Å²) in [5, 5.41) is 0.455. The van der Waals surface area contributed by atoms with E-state index in [4.69, 9.17) is 0 Å². The summed E-state index contributed by atoms with van der Waals surface area (Å²) in [5.41, 5.74) is 4.29. The van der Waals surface area contributed by atoms with Gasteiger partial charge in [-0.05, 0) is 30.3 Å². The van der Waals surface area contributed by atoms with Gasteiger partial charge in [-0.3, -0.25) is 20.4 Å². The lowest BCUT2D eigenvalue weighted by atomic mass is 10.2. The summed E-state index contributed by atoms with van der Waals surface area (Å²) in [7, 11) is 0. The number of amides is 1. The van der Waals surface area contributed by atoms with Crippen LogP contribution in [0.15, 0.2) is 53.3 Å². The first kappa shape index (κ1) is 18.4. The highest BCUT2D eigenvalue weighted by atomic mass is 19.4. The molecule has 0 fully saturated rings. The summed E-state index contributed by atoms with van der Waals surface area (Å²) >= 11 is 0. The molecule has 0 aliphatic rings. The molecule has 0 bridgehead atoms. The minimum absolute atomic E-state index is 0.00670. The van der Waals surface area contributed by atoms with Crippen LogP contribution in [0.4, 0.5) is 18.9 Å². The average Bonchev–Trinajstić information content (AvgIpc) is 2.64. The number of para-hydroxylation sites is 1. The number of aromatic amines is 1. The second kappa shape index (κ2) is 7.48. The monoisotopic (exact) mass is 376 g/mol. The fraction of sp³-hybridized carbons (Fsp3) is 0.167. The van der Waals surface area contributed by atoms with Gasteiger partial charge in [-0.1, -0.05) is 18.2 Å². The van der Waals surface area contributed by atoms with Crippen molar-refractivity contribution in [3.8, 4) is 0 Å². The van der Waals surface area contributed by atoms with E-state index in [2.05, 4.69) is 20.8 Å². The van der Waals surface area contributed by atoms with E-state index in [9.17, 15) is 22.8 Å². The quantitative estimate of drug-likeness (QED) is 0.598. The smallest absolute Gasteiger partial charge is 0.310 e. The molecule has 1 amide bonds. The maximum absolute atomic E-state index is 12.7. The molecule has 3 N–H and O–H groups in total. The normalized spacial score (nSPS) is 11.4. The predicted octanol–water partition coefficient (Wildman–Crippen LogP) is 3.02. The minimum Gasteiger partial charge on any atom is -0.310 e. The Morgan fingerprint density at radius 2 is 1.89 bits per heavy atom. The van der Waals surface area contributed by atoms with E-state index in [0.717, 1.165) is 12.1 Å². The van der Waals surface area contributed by atoms with Crippen LogP contribution in [0.5, 0.6) is 0 Å². The fourth-order valence-corrected chi connectivity index (χ4v) is 2.46. The van der Waals surface area contributed by atoms with Crippen LogP contribution < -0.4 is 16.4 Å². The molecule has 0 aliphatic carbocycles. The molecule has 0 aliphatic heterocycles. The summed E-state index contributed by atoms with van der Waals surface area (Å²) in [6.07, 6.45) is -4.29. The van der Waals surface area contributed by atoms with E-state index in [-0.39, 0.29) is 24.1 Å². The van der Waals surface area contributed by atoms with Gasteiger partial charge in [0.1, 0.15) is 5.82 Å². The van der Waals surface area contributed by atoms with Gasteiger partial charge in [0.15, 0.2) is 0 Å². The lowest BCUT2D eigenvalue weighted by molar-refractivity contribution is -0.137. The first-order valence-corrected chi connectivity index (χ1v) is 8.03. The van der Waals surface area contributed by atoms with Crippen molar-refractivity contribution < 1.29 is 18.0 Å². The van der Waals surface area contributed by atoms with Crippen LogP contribution in [0.2, 0.25) is 0 Å². The molecule has 0 saturated heterocycles. The number of carbonyl (C=O) groups excluding carboxylic acids is 1. The molecule has 2 aromatic carbocycles. The van der Waals surface area contributed by atoms with E-state index in [0.29, 0.717) is 16.7 Å². The molecule has 1 aromatic heterocycles. The van der Waals surface area contributed by atoms with Crippen molar-refractivity contribution in [2.45, 2.75) is 19.0 Å². The molecule has 9 heteroatoms. The molecule has 140 valence electrons. The molecular weight excluding hydrogens is 361 g/mol. The number of hydrogen-bond acceptors (Lipinski definition) is 4. The van der Waals surface area contributed by atoms with Gasteiger partial charge in [-0.25, -0.2) is 4.98 Å². The van der Waals surface area contributed by atoms with Crippen molar-refractivity contribution in [3.63, 3.8) is 0 Å². The highest BCUT2D eigenvalue weighted by Crippen LogP contribution is 2.30. The number of hydrazine groups is 1. The lowest BCUT2D eigenvalue weighted by Crippen LogP contribution is -2.30. The second-order valence-corrected chi connectivity index (χ2v) is 5.78. The predicted molar refractivity (Wildman–Crippen MR) is 93.9 cm³/mol. The maximum Gasteiger partial charge on any atom is 0.416 e. The number of hydrogen-bond donors (Lipinski definition) is 3. The number of carbonyl (C=O) groups is 1. The SMILES string of the molecule is O=C(CCc1nc2ccccc2c(=O)[nH]1)NNc1cccc(C(F)(F)F)c1. The number of benzene rings is 2. The van der Waals surface area contributed by atoms with Crippen molar-refractivity contribution in [2.24, 2.45) is 0 Å². The topological polar surface area (TPSA) is 86.9 Å². The van der Waals surface area contributed by atoms with Crippen LogP contribution in [0.3, 0.4) is 0 Å². The molecule has 0 atom stereocenters. The highest BCUT2D eigenvalue weighted by Gasteiger charge is 2.30. The number of aryl methyl sites for hydroxylation is 1. The van der Waals surface area contributed by atoms with Crippen molar-refractivity contribution in [1.29, 1.82) is 0 Å². The summed E-state index contributed by atoms with van der Waals surface area (Å²) in [5.74, 6) is -0.101. The van der Waals surface area contributed by atoms with Gasteiger partial charge in [0.05, 0.1) is 22.2 Å². The Labute approximate surface area is 151 Å². The third-order valence-corrected chi connectivity index (χ3v) is 3.79. The average molecular weight is 376 g/mol. The third kappa shape index (κ3) is 4.63. The Kier molecular flexibility index (Phi) is 5.11. The van der Waals surface area contributed by atoms with Gasteiger partial charge >= 0.3 is 6.18 Å². The van der Waals surface area contributed by atoms with Gasteiger partial charge in [-0.2, -0.15) is 13.2 Å². The zero-order chi connectivity index (χ0) is 19.4. The van der Waals surface area contributed by atoms with E-state index in [1.54, 1.807) is 24.3 Å². The molecule has 0 unspecified atom stereocenters. The number of anilines is 1. The Morgan fingerprint density at radius 1 is 1.11 bits per heavy atom. The van der Waals surface area contributed by atoms with Crippen LogP contribution in [-0.2, 0) is 17.4 Å². The van der Waals surface area contributed by atoms with Crippen molar-refractivity contribution in [2.75, 3.05) is 5.43 Å². The summed E-state index contributed by atoms with van der Waals surface area (Å²) in [6.45, 7) is 0. The second-order valence-electron chi connectivity index (χ2n) is 5.78. The number of aromatic nitrogens is 2. The van der Waals surface area contributed by atoms with Gasteiger partial charge in [-0.15, -0.1) is 0 Å². The van der Waals surface area contributed by atoms with Crippen molar-refractivity contribution in [1.82, 2.24) is 15.4 Å². The zero-order valence-corrected chi connectivity index (χ0v) is 13.9. The van der Waals surface area contributed by atoms with Crippen molar-refractivity contribution >= 4 is 22.5 Å². The molecule has 0 radical (unpaired) electrons. The van der Waals surface area contributed by atoms with E-state index >= 15 is 0 Å². The third-order valence-electron chi connectivity index (χ3n) is 3.79. The molecule has 0 spiro atoms. The van der Waals surface area contributed by atoms with Crippen LogP contribution in [0, 0.1) is 0 Å². The number of nitrogens with one attached hydrogen (secondary N) is 3. The standard InChI is InChI=1S/C18H15F3N4O2/c19-18(20,21)11-4-3-5-12(10-11)24-25-16(26)9-8-15-22-14-7-2-1-6-13(14)17(27)23-15/h1-7,10,24H,8-9H2,(H,25,26)(H,22,23,27). The highest BCUT2D eigenvalue weighted by molar-refractivity contribution is 5.78. The fourth-order valence-electron chi connectivity index (χ4n) is 2.46. The molecule has 3 rings (SSSR count). The first-order chi connectivity index (χ1) is 12.8. The molecule has 27 heavy (non-hydrogen) atoms. The summed E-state index contributed by atoms with van der Waals surface area (Å²) in [4.78, 5) is 30.8. The van der Waals surface area contributed by atoms with Crippen LogP contribution >= 0.6 is 0 Å². The number of H-pyrrole nitrogens is 1. The molecule has 1 heterocycles. The molecule has 3 aromatic rings. The summed E-state index contributed by atoms with van der Waals surface area (Å²) in [6, 6.07) is 11.3.